The lowest BCUT2D eigenvalue weighted by atomic mass is 10.1. The number of nitrogens with zero attached hydrogens (tertiary/aromatic N) is 1. The molecule has 6 heteroatoms. The van der Waals surface area contributed by atoms with Crippen molar-refractivity contribution in [3.63, 3.8) is 0 Å². The highest BCUT2D eigenvalue weighted by Gasteiger charge is 2.47. The Morgan fingerprint density at radius 3 is 2.41 bits per heavy atom. The van der Waals surface area contributed by atoms with Gasteiger partial charge < -0.3 is 19.1 Å². The Hall–Kier alpha value is -0.693. The minimum atomic E-state index is -1.99. The Morgan fingerprint density at radius 1 is 1.36 bits per heavy atom. The predicted octanol–water partition coefficient (Wildman–Crippen LogP) is 3.93. The summed E-state index contributed by atoms with van der Waals surface area (Å²) in [7, 11) is -1.99. The van der Waals surface area contributed by atoms with Gasteiger partial charge in [-0.05, 0) is 32.0 Å². The van der Waals surface area contributed by atoms with Crippen LogP contribution in [0.3, 0.4) is 0 Å². The van der Waals surface area contributed by atoms with E-state index in [-0.39, 0.29) is 23.4 Å². The van der Waals surface area contributed by atoms with E-state index in [4.69, 9.17) is 19.1 Å². The Bertz CT molecular complexity index is 415. The molecular formula is C16H31NO4Si. The smallest absolute Gasteiger partial charge is 0.192 e. The lowest BCUT2D eigenvalue weighted by molar-refractivity contribution is -0.151. The average molecular weight is 330 g/mol. The monoisotopic (exact) mass is 329 g/mol. The summed E-state index contributed by atoms with van der Waals surface area (Å²) < 4.78 is 18.4. The molecule has 5 nitrogen and oxygen atoms in total. The predicted molar refractivity (Wildman–Crippen MR) is 91.0 cm³/mol. The summed E-state index contributed by atoms with van der Waals surface area (Å²) in [6.45, 7) is 18.6. The standard InChI is InChI=1S/C16H31NO4Si/c1-9-12-14(20-16(5,6)19-12)13(10-11-17-18)21-22(7,8)15(2,3)4/h9,11-14,18H,1,10H2,2-8H3/b17-11+. The minimum Gasteiger partial charge on any atom is -0.411 e. The van der Waals surface area contributed by atoms with Crippen molar-refractivity contribution in [1.82, 2.24) is 0 Å². The van der Waals surface area contributed by atoms with Crippen LogP contribution in [0.2, 0.25) is 18.1 Å². The van der Waals surface area contributed by atoms with Crippen molar-refractivity contribution in [2.75, 3.05) is 0 Å². The van der Waals surface area contributed by atoms with Crippen molar-refractivity contribution < 1.29 is 19.1 Å². The normalized spacial score (nSPS) is 27.2. The zero-order valence-corrected chi connectivity index (χ0v) is 15.9. The third kappa shape index (κ3) is 4.65. The molecule has 128 valence electrons. The highest BCUT2D eigenvalue weighted by Crippen LogP contribution is 2.40. The first-order chi connectivity index (χ1) is 9.93. The molecule has 1 saturated heterocycles. The summed E-state index contributed by atoms with van der Waals surface area (Å²) in [5, 5.41) is 12.0. The highest BCUT2D eigenvalue weighted by molar-refractivity contribution is 6.74. The van der Waals surface area contributed by atoms with Gasteiger partial charge in [0.2, 0.25) is 0 Å². The van der Waals surface area contributed by atoms with Crippen LogP contribution >= 0.6 is 0 Å². The maximum atomic E-state index is 8.77. The molecule has 1 fully saturated rings. The van der Waals surface area contributed by atoms with E-state index < -0.39 is 14.1 Å². The Kier molecular flexibility index (Phi) is 6.00. The van der Waals surface area contributed by atoms with Gasteiger partial charge in [0.1, 0.15) is 12.2 Å². The average Bonchev–Trinajstić information content (AvgIpc) is 2.68. The molecule has 3 unspecified atom stereocenters. The molecule has 1 N–H and O–H groups in total. The van der Waals surface area contributed by atoms with E-state index in [9.17, 15) is 0 Å². The second-order valence-corrected chi connectivity index (χ2v) is 12.5. The van der Waals surface area contributed by atoms with Gasteiger partial charge in [-0.1, -0.05) is 26.8 Å². The molecule has 0 amide bonds. The van der Waals surface area contributed by atoms with Crippen molar-refractivity contribution in [3.8, 4) is 0 Å². The zero-order chi connectivity index (χ0) is 17.2. The highest BCUT2D eigenvalue weighted by atomic mass is 28.4. The van der Waals surface area contributed by atoms with E-state index in [1.54, 1.807) is 6.08 Å². The molecule has 0 aliphatic carbocycles. The first-order valence-corrected chi connectivity index (χ1v) is 10.7. The summed E-state index contributed by atoms with van der Waals surface area (Å²) in [5.41, 5.74) is 0. The summed E-state index contributed by atoms with van der Waals surface area (Å²) in [6.07, 6.45) is 2.93. The lowest BCUT2D eigenvalue weighted by Gasteiger charge is -2.40. The molecule has 0 radical (unpaired) electrons. The molecule has 1 rings (SSSR count). The van der Waals surface area contributed by atoms with Gasteiger partial charge >= 0.3 is 0 Å². The van der Waals surface area contributed by atoms with Crippen LogP contribution in [0.25, 0.3) is 0 Å². The molecule has 1 aliphatic rings. The first kappa shape index (κ1) is 19.4. The van der Waals surface area contributed by atoms with Crippen LogP contribution in [0.15, 0.2) is 17.8 Å². The Balaban J connectivity index is 3.00. The van der Waals surface area contributed by atoms with Gasteiger partial charge in [0, 0.05) is 12.6 Å². The maximum Gasteiger partial charge on any atom is 0.192 e. The molecule has 1 aliphatic heterocycles. The van der Waals surface area contributed by atoms with Gasteiger partial charge in [0.15, 0.2) is 14.1 Å². The molecule has 0 aromatic rings. The second-order valence-electron chi connectivity index (χ2n) is 7.75. The summed E-state index contributed by atoms with van der Waals surface area (Å²) in [6, 6.07) is 0. The molecule has 3 atom stereocenters. The maximum absolute atomic E-state index is 8.77. The van der Waals surface area contributed by atoms with E-state index in [1.165, 1.54) is 6.21 Å². The van der Waals surface area contributed by atoms with Gasteiger partial charge in [-0.3, -0.25) is 0 Å². The van der Waals surface area contributed by atoms with Crippen LogP contribution < -0.4 is 0 Å². The van der Waals surface area contributed by atoms with E-state index in [0.29, 0.717) is 6.42 Å². The van der Waals surface area contributed by atoms with Crippen LogP contribution in [-0.4, -0.2) is 43.8 Å². The van der Waals surface area contributed by atoms with E-state index in [2.05, 4.69) is 45.6 Å². The van der Waals surface area contributed by atoms with Gasteiger partial charge in [-0.15, -0.1) is 11.7 Å². The van der Waals surface area contributed by atoms with Crippen molar-refractivity contribution in [3.05, 3.63) is 12.7 Å². The molecule has 0 saturated carbocycles. The number of hydrogen-bond acceptors (Lipinski definition) is 5. The third-order valence-corrected chi connectivity index (χ3v) is 8.94. The SMILES string of the molecule is C=CC1OC(C)(C)OC1C(C/C=N/O)O[Si](C)(C)C(C)(C)C. The van der Waals surface area contributed by atoms with E-state index >= 15 is 0 Å². The number of rotatable bonds is 6. The van der Waals surface area contributed by atoms with Crippen molar-refractivity contribution >= 4 is 14.5 Å². The van der Waals surface area contributed by atoms with Gasteiger partial charge in [0.25, 0.3) is 0 Å². The van der Waals surface area contributed by atoms with Gasteiger partial charge in [-0.25, -0.2) is 0 Å². The van der Waals surface area contributed by atoms with Gasteiger partial charge in [-0.2, -0.15) is 0 Å². The second kappa shape index (κ2) is 6.82. The largest absolute Gasteiger partial charge is 0.411 e. The molecule has 0 spiro atoms. The van der Waals surface area contributed by atoms with E-state index in [1.807, 2.05) is 13.8 Å². The lowest BCUT2D eigenvalue weighted by Crippen LogP contribution is -2.49. The molecule has 22 heavy (non-hydrogen) atoms. The first-order valence-electron chi connectivity index (χ1n) is 7.75. The molecule has 0 aromatic carbocycles. The van der Waals surface area contributed by atoms with Crippen molar-refractivity contribution in [1.29, 1.82) is 0 Å². The summed E-state index contributed by atoms with van der Waals surface area (Å²) in [5.74, 6) is -0.672. The summed E-state index contributed by atoms with van der Waals surface area (Å²) >= 11 is 0. The fourth-order valence-electron chi connectivity index (χ4n) is 2.24. The minimum absolute atomic E-state index is 0.0836. The number of ether oxygens (including phenoxy) is 2. The molecule has 0 bridgehead atoms. The van der Waals surface area contributed by atoms with Crippen molar-refractivity contribution in [2.45, 2.75) is 83.3 Å². The van der Waals surface area contributed by atoms with Gasteiger partial charge in [0.05, 0.1) is 6.10 Å². The molecule has 0 aromatic heterocycles. The third-order valence-electron chi connectivity index (χ3n) is 4.43. The van der Waals surface area contributed by atoms with Crippen molar-refractivity contribution in [2.24, 2.45) is 5.16 Å². The summed E-state index contributed by atoms with van der Waals surface area (Å²) in [4.78, 5) is 0. The fraction of sp³-hybridized carbons (Fsp3) is 0.812. The van der Waals surface area contributed by atoms with Crippen LogP contribution in [0.5, 0.6) is 0 Å². The topological polar surface area (TPSA) is 60.3 Å². The van der Waals surface area contributed by atoms with Crippen LogP contribution in [0, 0.1) is 0 Å². The van der Waals surface area contributed by atoms with Crippen LogP contribution in [0.1, 0.15) is 41.0 Å². The molecule has 1 heterocycles. The number of hydrogen-bond donors (Lipinski definition) is 1. The van der Waals surface area contributed by atoms with Crippen LogP contribution in [0.4, 0.5) is 0 Å². The number of oxime groups is 1. The Labute approximate surface area is 135 Å². The fourth-order valence-corrected chi connectivity index (χ4v) is 3.58. The van der Waals surface area contributed by atoms with Crippen LogP contribution in [-0.2, 0) is 13.9 Å². The quantitative estimate of drug-likeness (QED) is 0.264. The van der Waals surface area contributed by atoms with E-state index in [0.717, 1.165) is 0 Å². The molecular weight excluding hydrogens is 298 g/mol. The zero-order valence-electron chi connectivity index (χ0n) is 14.9. The Morgan fingerprint density at radius 2 is 1.95 bits per heavy atom.